The van der Waals surface area contributed by atoms with Crippen LogP contribution in [0, 0.1) is 0 Å². The summed E-state index contributed by atoms with van der Waals surface area (Å²) >= 11 is 1.52. The number of rotatable bonds is 3. The maximum absolute atomic E-state index is 4.39. The second kappa shape index (κ2) is 4.66. The first-order chi connectivity index (χ1) is 8.86. The standard InChI is InChI=1S/C12H11N5S/c1-18-12-13-6-5-11(16-12)15-9-3-2-4-10-8(9)7-14-17-10/h2-7H,1H3,(H,14,17)(H,13,15,16). The van der Waals surface area contributed by atoms with Crippen molar-refractivity contribution in [3.8, 4) is 0 Å². The molecule has 0 unspecified atom stereocenters. The van der Waals surface area contributed by atoms with Crippen molar-refractivity contribution in [3.05, 3.63) is 36.7 Å². The Bertz CT molecular complexity index is 679. The van der Waals surface area contributed by atoms with E-state index >= 15 is 0 Å². The maximum atomic E-state index is 4.39. The Morgan fingerprint density at radius 3 is 3.11 bits per heavy atom. The molecule has 5 nitrogen and oxygen atoms in total. The molecular formula is C12H11N5S. The Morgan fingerprint density at radius 2 is 2.22 bits per heavy atom. The van der Waals surface area contributed by atoms with Crippen molar-refractivity contribution >= 4 is 34.2 Å². The molecule has 0 bridgehead atoms. The smallest absolute Gasteiger partial charge is 0.189 e. The fourth-order valence-corrected chi connectivity index (χ4v) is 2.08. The molecule has 0 amide bonds. The van der Waals surface area contributed by atoms with Crippen molar-refractivity contribution < 1.29 is 0 Å². The molecule has 0 saturated heterocycles. The molecule has 2 N–H and O–H groups in total. The summed E-state index contributed by atoms with van der Waals surface area (Å²) in [6.45, 7) is 0. The largest absolute Gasteiger partial charge is 0.340 e. The van der Waals surface area contributed by atoms with Crippen LogP contribution in [0.3, 0.4) is 0 Å². The van der Waals surface area contributed by atoms with Gasteiger partial charge in [0, 0.05) is 11.6 Å². The summed E-state index contributed by atoms with van der Waals surface area (Å²) in [5.41, 5.74) is 1.98. The third kappa shape index (κ3) is 2.02. The van der Waals surface area contributed by atoms with Gasteiger partial charge in [-0.05, 0) is 24.5 Å². The molecule has 6 heteroatoms. The lowest BCUT2D eigenvalue weighted by atomic mass is 10.2. The predicted molar refractivity (Wildman–Crippen MR) is 73.2 cm³/mol. The summed E-state index contributed by atoms with van der Waals surface area (Å²) in [7, 11) is 0. The molecular weight excluding hydrogens is 246 g/mol. The number of hydrogen-bond acceptors (Lipinski definition) is 5. The van der Waals surface area contributed by atoms with Gasteiger partial charge >= 0.3 is 0 Å². The monoisotopic (exact) mass is 257 g/mol. The van der Waals surface area contributed by atoms with E-state index in [9.17, 15) is 0 Å². The van der Waals surface area contributed by atoms with E-state index in [0.29, 0.717) is 0 Å². The van der Waals surface area contributed by atoms with Gasteiger partial charge in [-0.25, -0.2) is 9.97 Å². The van der Waals surface area contributed by atoms with Crippen LogP contribution in [0.2, 0.25) is 0 Å². The van der Waals surface area contributed by atoms with Gasteiger partial charge in [0.2, 0.25) is 0 Å². The molecule has 3 rings (SSSR count). The van der Waals surface area contributed by atoms with Gasteiger partial charge in [0.25, 0.3) is 0 Å². The molecule has 0 atom stereocenters. The SMILES string of the molecule is CSc1nccc(Nc2cccc3[nH]ncc23)n1. The second-order valence-corrected chi connectivity index (χ2v) is 4.46. The minimum atomic E-state index is 0.749. The maximum Gasteiger partial charge on any atom is 0.189 e. The number of hydrogen-bond donors (Lipinski definition) is 2. The topological polar surface area (TPSA) is 66.5 Å². The highest BCUT2D eigenvalue weighted by Crippen LogP contribution is 2.24. The van der Waals surface area contributed by atoms with Crippen LogP contribution < -0.4 is 5.32 Å². The van der Waals surface area contributed by atoms with Crippen LogP contribution in [-0.4, -0.2) is 26.4 Å². The van der Waals surface area contributed by atoms with Crippen LogP contribution >= 0.6 is 11.8 Å². The molecule has 18 heavy (non-hydrogen) atoms. The summed E-state index contributed by atoms with van der Waals surface area (Å²) in [4.78, 5) is 8.53. The zero-order valence-corrected chi connectivity index (χ0v) is 10.5. The summed E-state index contributed by atoms with van der Waals surface area (Å²) in [5.74, 6) is 0.781. The van der Waals surface area contributed by atoms with E-state index in [1.165, 1.54) is 11.8 Å². The summed E-state index contributed by atoms with van der Waals surface area (Å²) in [6.07, 6.45) is 5.50. The third-order valence-electron chi connectivity index (χ3n) is 2.56. The Hall–Kier alpha value is -2.08. The normalized spacial score (nSPS) is 10.7. The van der Waals surface area contributed by atoms with Crippen molar-refractivity contribution in [3.63, 3.8) is 0 Å². The van der Waals surface area contributed by atoms with Gasteiger partial charge in [-0.3, -0.25) is 5.10 Å². The van der Waals surface area contributed by atoms with Gasteiger partial charge in [-0.15, -0.1) is 0 Å². The van der Waals surface area contributed by atoms with E-state index in [4.69, 9.17) is 0 Å². The average Bonchev–Trinajstić information content (AvgIpc) is 2.88. The van der Waals surface area contributed by atoms with Crippen LogP contribution in [0.15, 0.2) is 41.8 Å². The molecule has 0 aliphatic heterocycles. The van der Waals surface area contributed by atoms with Gasteiger partial charge < -0.3 is 5.32 Å². The number of nitrogens with zero attached hydrogens (tertiary/aromatic N) is 3. The van der Waals surface area contributed by atoms with Crippen LogP contribution in [0.4, 0.5) is 11.5 Å². The third-order valence-corrected chi connectivity index (χ3v) is 3.13. The zero-order chi connectivity index (χ0) is 12.4. The van der Waals surface area contributed by atoms with Gasteiger partial charge in [0.1, 0.15) is 5.82 Å². The summed E-state index contributed by atoms with van der Waals surface area (Å²) in [5, 5.41) is 12.1. The number of H-pyrrole nitrogens is 1. The lowest BCUT2D eigenvalue weighted by molar-refractivity contribution is 0.976. The van der Waals surface area contributed by atoms with E-state index in [0.717, 1.165) is 27.6 Å². The minimum absolute atomic E-state index is 0.749. The second-order valence-electron chi connectivity index (χ2n) is 3.69. The molecule has 2 heterocycles. The highest BCUT2D eigenvalue weighted by molar-refractivity contribution is 7.98. The van der Waals surface area contributed by atoms with Crippen LogP contribution in [-0.2, 0) is 0 Å². The molecule has 0 spiro atoms. The number of fused-ring (bicyclic) bond motifs is 1. The molecule has 0 fully saturated rings. The fourth-order valence-electron chi connectivity index (χ4n) is 1.72. The number of aromatic nitrogens is 4. The average molecular weight is 257 g/mol. The van der Waals surface area contributed by atoms with E-state index in [1.807, 2.05) is 30.5 Å². The molecule has 90 valence electrons. The highest BCUT2D eigenvalue weighted by atomic mass is 32.2. The highest BCUT2D eigenvalue weighted by Gasteiger charge is 2.04. The Morgan fingerprint density at radius 1 is 1.28 bits per heavy atom. The quantitative estimate of drug-likeness (QED) is 0.558. The first-order valence-corrected chi connectivity index (χ1v) is 6.65. The van der Waals surface area contributed by atoms with Gasteiger partial charge in [-0.2, -0.15) is 5.10 Å². The van der Waals surface area contributed by atoms with Crippen molar-refractivity contribution in [1.82, 2.24) is 20.2 Å². The number of aromatic amines is 1. The van der Waals surface area contributed by atoms with E-state index in [-0.39, 0.29) is 0 Å². The lowest BCUT2D eigenvalue weighted by Gasteiger charge is -2.06. The van der Waals surface area contributed by atoms with Crippen LogP contribution in [0.5, 0.6) is 0 Å². The fraction of sp³-hybridized carbons (Fsp3) is 0.0833. The minimum Gasteiger partial charge on any atom is -0.340 e. The Labute approximate surface area is 108 Å². The summed E-state index contributed by atoms with van der Waals surface area (Å²) < 4.78 is 0. The molecule has 3 aromatic rings. The number of benzene rings is 1. The van der Waals surface area contributed by atoms with Crippen LogP contribution in [0.25, 0.3) is 10.9 Å². The Kier molecular flexibility index (Phi) is 2.85. The molecule has 2 aromatic heterocycles. The van der Waals surface area contributed by atoms with Crippen molar-refractivity contribution in [1.29, 1.82) is 0 Å². The van der Waals surface area contributed by atoms with Gasteiger partial charge in [0.15, 0.2) is 5.16 Å². The van der Waals surface area contributed by atoms with Gasteiger partial charge in [-0.1, -0.05) is 17.8 Å². The van der Waals surface area contributed by atoms with Gasteiger partial charge in [0.05, 0.1) is 17.4 Å². The first kappa shape index (κ1) is 11.0. The van der Waals surface area contributed by atoms with Crippen LogP contribution in [0.1, 0.15) is 0 Å². The first-order valence-electron chi connectivity index (χ1n) is 5.43. The van der Waals surface area contributed by atoms with E-state index in [2.05, 4.69) is 25.5 Å². The predicted octanol–water partition coefficient (Wildman–Crippen LogP) is 2.82. The van der Waals surface area contributed by atoms with Crippen molar-refractivity contribution in [2.24, 2.45) is 0 Å². The van der Waals surface area contributed by atoms with E-state index < -0.39 is 0 Å². The molecule has 1 aromatic carbocycles. The number of nitrogens with one attached hydrogen (secondary N) is 2. The molecule has 0 saturated carbocycles. The molecule has 0 aliphatic carbocycles. The zero-order valence-electron chi connectivity index (χ0n) is 9.71. The Balaban J connectivity index is 1.98. The molecule has 0 radical (unpaired) electrons. The number of anilines is 2. The summed E-state index contributed by atoms with van der Waals surface area (Å²) in [6, 6.07) is 7.80. The van der Waals surface area contributed by atoms with Crippen molar-refractivity contribution in [2.45, 2.75) is 5.16 Å². The van der Waals surface area contributed by atoms with Crippen molar-refractivity contribution in [2.75, 3.05) is 11.6 Å². The number of thioether (sulfide) groups is 1. The molecule has 0 aliphatic rings. The van der Waals surface area contributed by atoms with E-state index in [1.54, 1.807) is 12.4 Å². The lowest BCUT2D eigenvalue weighted by Crippen LogP contribution is -1.95.